The third-order valence-electron chi connectivity index (χ3n) is 13.2. The molecule has 9 rings (SSSR count). The minimum Gasteiger partial charge on any atom is -0.470 e. The highest BCUT2D eigenvalue weighted by atomic mass is 32.2. The Kier molecular flexibility index (Phi) is 11.7. The number of nitrogens with one attached hydrogen (secondary N) is 3. The summed E-state index contributed by atoms with van der Waals surface area (Å²) in [5.74, 6) is -3.15. The van der Waals surface area contributed by atoms with Gasteiger partial charge in [0, 0.05) is 23.3 Å². The summed E-state index contributed by atoms with van der Waals surface area (Å²) in [6.07, 6.45) is 3.78. The number of nitrogens with zero attached hydrogens (tertiary/aromatic N) is 3. The number of allylic oxidation sites excluding steroid dienone is 1. The molecule has 0 radical (unpaired) electrons. The summed E-state index contributed by atoms with van der Waals surface area (Å²) in [6.45, 7) is 1.37. The average Bonchev–Trinajstić information content (AvgIpc) is 3.92. The van der Waals surface area contributed by atoms with Crippen LogP contribution in [0.15, 0.2) is 65.1 Å². The average molecular weight is 923 g/mol. The molecule has 2 aromatic heterocycles. The molecule has 1 saturated heterocycles. The Bertz CT molecular complexity index is 2650. The van der Waals surface area contributed by atoms with E-state index in [1.165, 1.54) is 17.0 Å². The standard InChI is InChI=1S/C45H49F3N6O10S/c1-43(21-22-43)65(59,60)53-41(57)44-24-27(44)11-5-3-2-4-6-15-32(49-42(58)62-28-12-7-8-13-28)40(56)54-25-30(23-33(54)38(55)52-44)61-39-36-35(31-14-9-10-16-34(31)63-36)50-37(51-39)26-17-19-29(20-18-26)64-45(46,47)48/h5,9-11,14,16-20,27-28,30,32-33H,2-4,6-8,12-13,15,21-25H2,1H3,(H,49,58)(H,52,55)(H,53,57)/b11-5-/t27-,30-,32+,33+,44-/m1/s1. The topological polar surface area (TPSA) is 208 Å². The van der Waals surface area contributed by atoms with E-state index in [-0.39, 0.29) is 49.2 Å². The van der Waals surface area contributed by atoms with Gasteiger partial charge in [0.15, 0.2) is 5.82 Å². The van der Waals surface area contributed by atoms with Gasteiger partial charge in [-0.2, -0.15) is 4.98 Å². The largest absolute Gasteiger partial charge is 0.573 e. The number of alkyl carbamates (subject to hydrolysis) is 1. The molecule has 20 heteroatoms. The molecule has 4 heterocycles. The third kappa shape index (κ3) is 9.31. The van der Waals surface area contributed by atoms with Gasteiger partial charge in [-0.1, -0.05) is 37.1 Å². The van der Waals surface area contributed by atoms with Crippen LogP contribution < -0.4 is 24.8 Å². The zero-order chi connectivity index (χ0) is 45.7. The summed E-state index contributed by atoms with van der Waals surface area (Å²) < 4.78 is 89.0. The fraction of sp³-hybridized carbons (Fsp3) is 0.511. The van der Waals surface area contributed by atoms with Crippen molar-refractivity contribution in [3.63, 3.8) is 0 Å². The first-order valence-corrected chi connectivity index (χ1v) is 23.5. The Labute approximate surface area is 372 Å². The molecule has 0 bridgehead atoms. The lowest BCUT2D eigenvalue weighted by molar-refractivity contribution is -0.274. The first-order chi connectivity index (χ1) is 31.0. The molecule has 2 aliphatic heterocycles. The molecule has 3 N–H and O–H groups in total. The number of rotatable bonds is 9. The van der Waals surface area contributed by atoms with Crippen molar-refractivity contribution in [2.24, 2.45) is 5.92 Å². The van der Waals surface area contributed by atoms with Gasteiger partial charge < -0.3 is 34.2 Å². The number of ether oxygens (including phenoxy) is 3. The fourth-order valence-corrected chi connectivity index (χ4v) is 10.3. The van der Waals surface area contributed by atoms with Crippen LogP contribution in [0.25, 0.3) is 33.5 Å². The maximum Gasteiger partial charge on any atom is 0.573 e. The Morgan fingerprint density at radius 1 is 0.954 bits per heavy atom. The minimum absolute atomic E-state index is 0.0695. The first-order valence-electron chi connectivity index (χ1n) is 22.1. The quantitative estimate of drug-likeness (QED) is 0.150. The Hall–Kier alpha value is -5.92. The van der Waals surface area contributed by atoms with Crippen molar-refractivity contribution in [2.45, 2.75) is 131 Å². The van der Waals surface area contributed by atoms with E-state index in [0.717, 1.165) is 31.4 Å². The Balaban J connectivity index is 1.05. The molecule has 346 valence electrons. The number of carbonyl (C=O) groups excluding carboxylic acids is 4. The molecule has 16 nitrogen and oxygen atoms in total. The van der Waals surface area contributed by atoms with Crippen LogP contribution in [-0.4, -0.2) is 94.6 Å². The number of hydrogen-bond donors (Lipinski definition) is 3. The van der Waals surface area contributed by atoms with Crippen LogP contribution in [0.5, 0.6) is 11.6 Å². The van der Waals surface area contributed by atoms with Gasteiger partial charge in [-0.25, -0.2) is 18.2 Å². The summed E-state index contributed by atoms with van der Waals surface area (Å²) in [6, 6.07) is 9.62. The van der Waals surface area contributed by atoms with Crippen LogP contribution in [0, 0.1) is 5.92 Å². The van der Waals surface area contributed by atoms with Crippen LogP contribution >= 0.6 is 0 Å². The van der Waals surface area contributed by atoms with Crippen molar-refractivity contribution in [1.82, 2.24) is 30.2 Å². The van der Waals surface area contributed by atoms with Gasteiger partial charge in [0.25, 0.3) is 11.8 Å². The van der Waals surface area contributed by atoms with Gasteiger partial charge in [0.1, 0.15) is 46.7 Å². The molecule has 4 fully saturated rings. The van der Waals surface area contributed by atoms with Gasteiger partial charge in [0.2, 0.25) is 27.4 Å². The number of amides is 4. The highest BCUT2D eigenvalue weighted by Gasteiger charge is 2.63. The molecule has 65 heavy (non-hydrogen) atoms. The zero-order valence-electron chi connectivity index (χ0n) is 35.5. The van der Waals surface area contributed by atoms with E-state index in [4.69, 9.17) is 18.9 Å². The maximum absolute atomic E-state index is 14.8. The monoisotopic (exact) mass is 922 g/mol. The van der Waals surface area contributed by atoms with E-state index >= 15 is 0 Å². The van der Waals surface area contributed by atoms with Crippen molar-refractivity contribution < 1.29 is 59.4 Å². The number of fused-ring (bicyclic) bond motifs is 5. The lowest BCUT2D eigenvalue weighted by Crippen LogP contribution is -2.58. The molecule has 0 spiro atoms. The number of alkyl halides is 3. The SMILES string of the molecule is CC1(S(=O)(=O)NC(=O)[C@@]23C[C@H]2/C=C\CCCCC[C@H](NC(=O)OC2CCCC2)C(=O)N2C[C@H](Oc4nc(-c5ccc(OC(F)(F)F)cc5)nc5c4oc4ccccc45)C[C@H]2C(=O)N3)CC1. The van der Waals surface area contributed by atoms with Crippen molar-refractivity contribution in [3.8, 4) is 23.0 Å². The minimum atomic E-state index is -4.90. The van der Waals surface area contributed by atoms with Crippen LogP contribution in [0.4, 0.5) is 18.0 Å². The van der Waals surface area contributed by atoms with Crippen molar-refractivity contribution >= 4 is 55.9 Å². The molecule has 3 saturated carbocycles. The molecular weight excluding hydrogens is 874 g/mol. The van der Waals surface area contributed by atoms with Gasteiger partial charge >= 0.3 is 12.5 Å². The molecule has 2 aromatic carbocycles. The van der Waals surface area contributed by atoms with E-state index in [1.807, 2.05) is 12.2 Å². The van der Waals surface area contributed by atoms with Crippen LogP contribution in [0.1, 0.15) is 90.4 Å². The Morgan fingerprint density at radius 3 is 2.43 bits per heavy atom. The van der Waals surface area contributed by atoms with E-state index < -0.39 is 80.3 Å². The van der Waals surface area contributed by atoms with E-state index in [2.05, 4.69) is 25.1 Å². The second kappa shape index (κ2) is 17.1. The van der Waals surface area contributed by atoms with Crippen LogP contribution in [0.2, 0.25) is 0 Å². The second-order valence-electron chi connectivity index (χ2n) is 17.9. The van der Waals surface area contributed by atoms with Gasteiger partial charge in [-0.3, -0.25) is 19.1 Å². The molecule has 0 unspecified atom stereocenters. The van der Waals surface area contributed by atoms with E-state index in [0.29, 0.717) is 67.0 Å². The second-order valence-corrected chi connectivity index (χ2v) is 20.1. The third-order valence-corrected chi connectivity index (χ3v) is 15.3. The van der Waals surface area contributed by atoms with E-state index in [1.54, 1.807) is 31.2 Å². The van der Waals surface area contributed by atoms with Gasteiger partial charge in [0.05, 0.1) is 11.3 Å². The lowest BCUT2D eigenvalue weighted by atomic mass is 10.0. The molecule has 5 aliphatic rings. The van der Waals surface area contributed by atoms with Crippen molar-refractivity contribution in [1.29, 1.82) is 0 Å². The normalized spacial score (nSPS) is 26.6. The number of para-hydroxylation sites is 1. The first kappa shape index (κ1) is 44.3. The zero-order valence-corrected chi connectivity index (χ0v) is 36.3. The molecule has 4 aromatic rings. The lowest BCUT2D eigenvalue weighted by Gasteiger charge is -2.30. The summed E-state index contributed by atoms with van der Waals surface area (Å²) in [5.41, 5.74) is -0.397. The number of hydrogen-bond acceptors (Lipinski definition) is 12. The highest BCUT2D eigenvalue weighted by Crippen LogP contribution is 2.48. The van der Waals surface area contributed by atoms with Crippen molar-refractivity contribution in [3.05, 3.63) is 60.7 Å². The van der Waals surface area contributed by atoms with Gasteiger partial charge in [-0.15, -0.1) is 13.2 Å². The Morgan fingerprint density at radius 2 is 1.69 bits per heavy atom. The molecular formula is C45H49F3N6O10S. The maximum atomic E-state index is 14.8. The predicted octanol–water partition coefficient (Wildman–Crippen LogP) is 6.72. The summed E-state index contributed by atoms with van der Waals surface area (Å²) in [5, 5.41) is 6.22. The number of benzene rings is 2. The predicted molar refractivity (Wildman–Crippen MR) is 228 cm³/mol. The highest BCUT2D eigenvalue weighted by molar-refractivity contribution is 7.91. The number of halogens is 3. The molecule has 4 amide bonds. The van der Waals surface area contributed by atoms with E-state index in [9.17, 15) is 40.8 Å². The fourth-order valence-electron chi connectivity index (χ4n) is 9.02. The summed E-state index contributed by atoms with van der Waals surface area (Å²) in [7, 11) is -4.07. The van der Waals surface area contributed by atoms with Crippen LogP contribution in [0.3, 0.4) is 0 Å². The number of furan rings is 1. The molecule has 5 atom stereocenters. The van der Waals surface area contributed by atoms with Crippen LogP contribution in [-0.2, 0) is 29.1 Å². The summed E-state index contributed by atoms with van der Waals surface area (Å²) >= 11 is 0. The molecule has 3 aliphatic carbocycles. The number of aromatic nitrogens is 2. The smallest absolute Gasteiger partial charge is 0.470 e. The van der Waals surface area contributed by atoms with Gasteiger partial charge in [-0.05, 0) is 108 Å². The number of sulfonamides is 1. The van der Waals surface area contributed by atoms with Crippen molar-refractivity contribution in [2.75, 3.05) is 6.54 Å². The summed E-state index contributed by atoms with van der Waals surface area (Å²) in [4.78, 5) is 67.4. The number of carbonyl (C=O) groups is 4.